The molecule has 2 N–H and O–H groups in total. The van der Waals surface area contributed by atoms with Gasteiger partial charge in [0.15, 0.2) is 5.11 Å². The average Bonchev–Trinajstić information content (AvgIpc) is 2.55. The SMILES string of the molecule is COc1c(C)cccc1C(=O)NC(=S)Nc1ccc(C(F)(F)F)cc1Cl. The lowest BCUT2D eigenvalue weighted by Gasteiger charge is -2.14. The Kier molecular flexibility index (Phi) is 6.09. The van der Waals surface area contributed by atoms with Gasteiger partial charge in [-0.3, -0.25) is 10.1 Å². The van der Waals surface area contributed by atoms with Crippen LogP contribution in [0.25, 0.3) is 0 Å². The summed E-state index contributed by atoms with van der Waals surface area (Å²) in [7, 11) is 1.44. The van der Waals surface area contributed by atoms with E-state index in [2.05, 4.69) is 10.6 Å². The maximum atomic E-state index is 12.7. The van der Waals surface area contributed by atoms with Crippen LogP contribution in [0.15, 0.2) is 36.4 Å². The molecule has 138 valence electrons. The van der Waals surface area contributed by atoms with Crippen molar-refractivity contribution in [2.45, 2.75) is 13.1 Å². The zero-order chi connectivity index (χ0) is 19.5. The minimum absolute atomic E-state index is 0.111. The first-order valence-electron chi connectivity index (χ1n) is 7.26. The number of amides is 1. The number of thiocarbonyl (C=S) groups is 1. The standard InChI is InChI=1S/C17H14ClF3N2O2S/c1-9-4-3-5-11(14(9)25-2)15(24)23-16(26)22-13-7-6-10(8-12(13)18)17(19,20)21/h3-8H,1-2H3,(H2,22,23,24,26). The number of alkyl halides is 3. The van der Waals surface area contributed by atoms with E-state index in [-0.39, 0.29) is 21.4 Å². The molecule has 0 heterocycles. The summed E-state index contributed by atoms with van der Waals surface area (Å²) in [6, 6.07) is 7.82. The lowest BCUT2D eigenvalue weighted by Crippen LogP contribution is -2.34. The van der Waals surface area contributed by atoms with Gasteiger partial charge in [0.05, 0.1) is 28.9 Å². The van der Waals surface area contributed by atoms with Gasteiger partial charge in [-0.15, -0.1) is 0 Å². The van der Waals surface area contributed by atoms with Crippen LogP contribution in [0, 0.1) is 6.92 Å². The summed E-state index contributed by atoms with van der Waals surface area (Å²) >= 11 is 10.9. The maximum Gasteiger partial charge on any atom is 0.416 e. The Morgan fingerprint density at radius 2 is 1.92 bits per heavy atom. The molecule has 0 spiro atoms. The fraction of sp³-hybridized carbons (Fsp3) is 0.176. The summed E-state index contributed by atoms with van der Waals surface area (Å²) in [5.74, 6) is -0.119. The van der Waals surface area contributed by atoms with Gasteiger partial charge in [-0.05, 0) is 49.0 Å². The third-order valence-corrected chi connectivity index (χ3v) is 3.95. The molecule has 2 rings (SSSR count). The molecule has 0 atom stereocenters. The molecular formula is C17H14ClF3N2O2S. The highest BCUT2D eigenvalue weighted by atomic mass is 35.5. The lowest BCUT2D eigenvalue weighted by atomic mass is 10.1. The van der Waals surface area contributed by atoms with Gasteiger partial charge in [0, 0.05) is 0 Å². The van der Waals surface area contributed by atoms with Gasteiger partial charge in [-0.25, -0.2) is 0 Å². The Labute approximate surface area is 158 Å². The molecule has 1 amide bonds. The van der Waals surface area contributed by atoms with E-state index < -0.39 is 17.6 Å². The van der Waals surface area contributed by atoms with Crippen LogP contribution in [0.3, 0.4) is 0 Å². The third-order valence-electron chi connectivity index (χ3n) is 3.43. The summed E-state index contributed by atoms with van der Waals surface area (Å²) in [6.45, 7) is 1.79. The van der Waals surface area contributed by atoms with Gasteiger partial charge in [0.2, 0.25) is 0 Å². The highest BCUT2D eigenvalue weighted by Gasteiger charge is 2.31. The van der Waals surface area contributed by atoms with Crippen molar-refractivity contribution in [1.82, 2.24) is 5.32 Å². The quantitative estimate of drug-likeness (QED) is 0.724. The van der Waals surface area contributed by atoms with E-state index in [0.29, 0.717) is 5.75 Å². The average molecular weight is 403 g/mol. The molecule has 0 aliphatic heterocycles. The van der Waals surface area contributed by atoms with Crippen LogP contribution in [0.1, 0.15) is 21.5 Å². The molecule has 0 saturated carbocycles. The van der Waals surface area contributed by atoms with Crippen molar-refractivity contribution in [2.24, 2.45) is 0 Å². The van der Waals surface area contributed by atoms with Crippen molar-refractivity contribution < 1.29 is 22.7 Å². The highest BCUT2D eigenvalue weighted by Crippen LogP contribution is 2.33. The monoisotopic (exact) mass is 402 g/mol. The third kappa shape index (κ3) is 4.64. The summed E-state index contributed by atoms with van der Waals surface area (Å²) in [4.78, 5) is 12.3. The van der Waals surface area contributed by atoms with Crippen molar-refractivity contribution >= 4 is 40.5 Å². The molecule has 0 aliphatic rings. The van der Waals surface area contributed by atoms with E-state index in [4.69, 9.17) is 28.6 Å². The maximum absolute atomic E-state index is 12.7. The number of hydrogen-bond donors (Lipinski definition) is 2. The first kappa shape index (κ1) is 20.0. The molecule has 4 nitrogen and oxygen atoms in total. The smallest absolute Gasteiger partial charge is 0.416 e. The van der Waals surface area contributed by atoms with Gasteiger partial charge in [0.25, 0.3) is 5.91 Å². The van der Waals surface area contributed by atoms with Crippen LogP contribution in [0.5, 0.6) is 5.75 Å². The van der Waals surface area contributed by atoms with Crippen LogP contribution in [0.4, 0.5) is 18.9 Å². The number of aryl methyl sites for hydroxylation is 1. The van der Waals surface area contributed by atoms with Gasteiger partial charge < -0.3 is 10.1 Å². The first-order chi connectivity index (χ1) is 12.1. The van der Waals surface area contributed by atoms with Gasteiger partial charge >= 0.3 is 6.18 Å². The van der Waals surface area contributed by atoms with Gasteiger partial charge in [-0.2, -0.15) is 13.2 Å². The van der Waals surface area contributed by atoms with Crippen molar-refractivity contribution in [1.29, 1.82) is 0 Å². The second-order valence-electron chi connectivity index (χ2n) is 5.26. The largest absolute Gasteiger partial charge is 0.496 e. The number of carbonyl (C=O) groups excluding carboxylic acids is 1. The van der Waals surface area contributed by atoms with Gasteiger partial charge in [-0.1, -0.05) is 23.7 Å². The van der Waals surface area contributed by atoms with E-state index >= 15 is 0 Å². The first-order valence-corrected chi connectivity index (χ1v) is 8.04. The molecule has 26 heavy (non-hydrogen) atoms. The zero-order valence-electron chi connectivity index (χ0n) is 13.7. The topological polar surface area (TPSA) is 50.4 Å². The van der Waals surface area contributed by atoms with Crippen LogP contribution < -0.4 is 15.4 Å². The second-order valence-corrected chi connectivity index (χ2v) is 6.07. The number of ether oxygens (including phenoxy) is 1. The normalized spacial score (nSPS) is 11.0. The van der Waals surface area contributed by atoms with Crippen molar-refractivity contribution in [3.63, 3.8) is 0 Å². The number of hydrogen-bond acceptors (Lipinski definition) is 3. The molecule has 2 aromatic carbocycles. The lowest BCUT2D eigenvalue weighted by molar-refractivity contribution is -0.137. The predicted octanol–water partition coefficient (Wildman–Crippen LogP) is 4.80. The highest BCUT2D eigenvalue weighted by molar-refractivity contribution is 7.80. The van der Waals surface area contributed by atoms with E-state index in [0.717, 1.165) is 23.8 Å². The second kappa shape index (κ2) is 7.92. The number of methoxy groups -OCH3 is 1. The van der Waals surface area contributed by atoms with Crippen LogP contribution in [-0.4, -0.2) is 18.1 Å². The molecule has 2 aromatic rings. The van der Waals surface area contributed by atoms with E-state index in [1.165, 1.54) is 7.11 Å². The fourth-order valence-corrected chi connectivity index (χ4v) is 2.65. The fourth-order valence-electron chi connectivity index (χ4n) is 2.22. The Morgan fingerprint density at radius 1 is 1.23 bits per heavy atom. The molecule has 0 bridgehead atoms. The summed E-state index contributed by atoms with van der Waals surface area (Å²) in [5, 5.41) is 4.75. The molecule has 0 saturated heterocycles. The van der Waals surface area contributed by atoms with Crippen molar-refractivity contribution in [3.8, 4) is 5.75 Å². The summed E-state index contributed by atoms with van der Waals surface area (Å²) in [6.07, 6.45) is -4.50. The Balaban J connectivity index is 2.12. The van der Waals surface area contributed by atoms with Crippen molar-refractivity contribution in [3.05, 3.63) is 58.1 Å². The summed E-state index contributed by atoms with van der Waals surface area (Å²) in [5.41, 5.74) is 0.300. The van der Waals surface area contributed by atoms with Crippen LogP contribution in [0.2, 0.25) is 5.02 Å². The number of para-hydroxylation sites is 1. The number of rotatable bonds is 3. The number of anilines is 1. The summed E-state index contributed by atoms with van der Waals surface area (Å²) < 4.78 is 43.2. The molecule has 0 aromatic heterocycles. The van der Waals surface area contributed by atoms with E-state index in [1.807, 2.05) is 0 Å². The van der Waals surface area contributed by atoms with E-state index in [1.54, 1.807) is 25.1 Å². The Hall–Kier alpha value is -2.32. The number of halogens is 4. The zero-order valence-corrected chi connectivity index (χ0v) is 15.3. The number of benzene rings is 2. The number of nitrogens with one attached hydrogen (secondary N) is 2. The molecular weight excluding hydrogens is 389 g/mol. The van der Waals surface area contributed by atoms with Crippen LogP contribution >= 0.6 is 23.8 Å². The minimum atomic E-state index is -4.50. The molecule has 0 fully saturated rings. The molecule has 0 unspecified atom stereocenters. The Bertz CT molecular complexity index is 856. The van der Waals surface area contributed by atoms with Crippen molar-refractivity contribution in [2.75, 3.05) is 12.4 Å². The van der Waals surface area contributed by atoms with Gasteiger partial charge in [0.1, 0.15) is 5.75 Å². The molecule has 0 aliphatic carbocycles. The molecule has 0 radical (unpaired) electrons. The minimum Gasteiger partial charge on any atom is -0.496 e. The van der Waals surface area contributed by atoms with Crippen LogP contribution in [-0.2, 0) is 6.18 Å². The Morgan fingerprint density at radius 3 is 2.50 bits per heavy atom. The van der Waals surface area contributed by atoms with E-state index in [9.17, 15) is 18.0 Å². The number of carbonyl (C=O) groups is 1. The predicted molar refractivity (Wildman–Crippen MR) is 97.9 cm³/mol. The molecule has 9 heteroatoms.